The van der Waals surface area contributed by atoms with Crippen molar-refractivity contribution in [1.29, 1.82) is 0 Å². The van der Waals surface area contributed by atoms with Gasteiger partial charge in [0.1, 0.15) is 0 Å². The lowest BCUT2D eigenvalue weighted by atomic mass is 9.79. The molecule has 1 aliphatic heterocycles. The average Bonchev–Trinajstić information content (AvgIpc) is 2.68. The minimum absolute atomic E-state index is 0.0831. The first-order valence-electron chi connectivity index (χ1n) is 6.30. The zero-order valence-electron chi connectivity index (χ0n) is 11.0. The van der Waals surface area contributed by atoms with Crippen molar-refractivity contribution in [2.45, 2.75) is 19.6 Å². The van der Waals surface area contributed by atoms with Crippen molar-refractivity contribution in [2.24, 2.45) is 11.3 Å². The summed E-state index contributed by atoms with van der Waals surface area (Å²) in [7, 11) is 0. The van der Waals surface area contributed by atoms with Crippen LogP contribution in [-0.4, -0.2) is 35.2 Å². The molecule has 0 aliphatic carbocycles. The molecule has 0 saturated carbocycles. The van der Waals surface area contributed by atoms with Crippen molar-refractivity contribution in [1.82, 2.24) is 4.90 Å². The minimum atomic E-state index is -4.53. The van der Waals surface area contributed by atoms with Gasteiger partial charge in [-0.25, -0.2) is 0 Å². The summed E-state index contributed by atoms with van der Waals surface area (Å²) in [6.45, 7) is 0.954. The van der Waals surface area contributed by atoms with Gasteiger partial charge in [0.25, 0.3) is 0 Å². The van der Waals surface area contributed by atoms with Crippen LogP contribution in [0.1, 0.15) is 12.5 Å². The third-order valence-electron chi connectivity index (χ3n) is 3.96. The fourth-order valence-electron chi connectivity index (χ4n) is 2.70. The number of aliphatic carboxylic acids is 1. The Balaban J connectivity index is 2.19. The molecule has 1 saturated heterocycles. The highest BCUT2D eigenvalue weighted by atomic mass is 19.4. The highest BCUT2D eigenvalue weighted by Crippen LogP contribution is 2.48. The highest BCUT2D eigenvalue weighted by molar-refractivity contribution is 5.72. The van der Waals surface area contributed by atoms with Crippen LogP contribution in [0.25, 0.3) is 0 Å². The van der Waals surface area contributed by atoms with E-state index in [2.05, 4.69) is 0 Å². The van der Waals surface area contributed by atoms with Gasteiger partial charge in [-0.2, -0.15) is 13.2 Å². The summed E-state index contributed by atoms with van der Waals surface area (Å²) in [4.78, 5) is 12.7. The first-order valence-corrected chi connectivity index (χ1v) is 6.30. The molecule has 1 N–H and O–H groups in total. The molecular formula is C14H16F3NO2. The standard InChI is InChI=1S/C14H16F3NO2/c1-13(14(15,16)17)9-18(8-11(13)12(19)20)7-10-5-3-2-4-6-10/h2-6,11H,7-9H2,1H3,(H,19,20)/t11-,13+/m1/s1. The fourth-order valence-corrected chi connectivity index (χ4v) is 2.70. The monoisotopic (exact) mass is 287 g/mol. The maximum atomic E-state index is 13.2. The topological polar surface area (TPSA) is 40.5 Å². The van der Waals surface area contributed by atoms with Gasteiger partial charge in [-0.15, -0.1) is 0 Å². The van der Waals surface area contributed by atoms with Crippen LogP contribution in [0.4, 0.5) is 13.2 Å². The van der Waals surface area contributed by atoms with Gasteiger partial charge in [0.15, 0.2) is 0 Å². The fraction of sp³-hybridized carbons (Fsp3) is 0.500. The average molecular weight is 287 g/mol. The van der Waals surface area contributed by atoms with Gasteiger partial charge in [-0.3, -0.25) is 9.69 Å². The number of nitrogens with zero attached hydrogens (tertiary/aromatic N) is 1. The van der Waals surface area contributed by atoms with Crippen molar-refractivity contribution in [3.8, 4) is 0 Å². The Morgan fingerprint density at radius 2 is 2.00 bits per heavy atom. The number of likely N-dealkylation sites (tertiary alicyclic amines) is 1. The van der Waals surface area contributed by atoms with E-state index in [9.17, 15) is 18.0 Å². The molecule has 1 aromatic carbocycles. The number of carboxylic acids is 1. The third-order valence-corrected chi connectivity index (χ3v) is 3.96. The van der Waals surface area contributed by atoms with E-state index >= 15 is 0 Å². The second kappa shape index (κ2) is 5.09. The second-order valence-corrected chi connectivity index (χ2v) is 5.46. The predicted octanol–water partition coefficient (Wildman–Crippen LogP) is 2.77. The van der Waals surface area contributed by atoms with Crippen molar-refractivity contribution in [3.63, 3.8) is 0 Å². The van der Waals surface area contributed by atoms with Gasteiger partial charge >= 0.3 is 12.1 Å². The zero-order valence-corrected chi connectivity index (χ0v) is 11.0. The third kappa shape index (κ3) is 2.65. The molecule has 1 fully saturated rings. The van der Waals surface area contributed by atoms with Crippen LogP contribution in [0.15, 0.2) is 30.3 Å². The van der Waals surface area contributed by atoms with Gasteiger partial charge in [-0.1, -0.05) is 30.3 Å². The van der Waals surface area contributed by atoms with E-state index in [0.717, 1.165) is 12.5 Å². The van der Waals surface area contributed by atoms with Gasteiger partial charge in [0, 0.05) is 19.6 Å². The molecular weight excluding hydrogens is 271 g/mol. The lowest BCUT2D eigenvalue weighted by molar-refractivity contribution is -0.228. The van der Waals surface area contributed by atoms with Crippen molar-refractivity contribution >= 4 is 5.97 Å². The maximum Gasteiger partial charge on any atom is 0.396 e. The quantitative estimate of drug-likeness (QED) is 0.929. The minimum Gasteiger partial charge on any atom is -0.481 e. The summed E-state index contributed by atoms with van der Waals surface area (Å²) in [5.74, 6) is -2.81. The van der Waals surface area contributed by atoms with Crippen LogP contribution in [0.2, 0.25) is 0 Å². The van der Waals surface area contributed by atoms with E-state index in [0.29, 0.717) is 6.54 Å². The molecule has 0 radical (unpaired) electrons. The number of carbonyl (C=O) groups is 1. The normalized spacial score (nSPS) is 27.7. The second-order valence-electron chi connectivity index (χ2n) is 5.46. The van der Waals surface area contributed by atoms with Gasteiger partial charge in [0.2, 0.25) is 0 Å². The Morgan fingerprint density at radius 1 is 1.40 bits per heavy atom. The molecule has 0 bridgehead atoms. The molecule has 0 aromatic heterocycles. The molecule has 1 heterocycles. The van der Waals surface area contributed by atoms with Gasteiger partial charge in [-0.05, 0) is 12.5 Å². The van der Waals surface area contributed by atoms with Crippen molar-refractivity contribution < 1.29 is 23.1 Å². The van der Waals surface area contributed by atoms with E-state index in [-0.39, 0.29) is 13.1 Å². The molecule has 20 heavy (non-hydrogen) atoms. The predicted molar refractivity (Wildman–Crippen MR) is 67.0 cm³/mol. The number of hydrogen-bond donors (Lipinski definition) is 1. The Hall–Kier alpha value is -1.56. The summed E-state index contributed by atoms with van der Waals surface area (Å²) in [5, 5.41) is 9.07. The van der Waals surface area contributed by atoms with Crippen LogP contribution in [0, 0.1) is 11.3 Å². The van der Waals surface area contributed by atoms with E-state index in [1.807, 2.05) is 30.3 Å². The first-order chi connectivity index (χ1) is 9.24. The summed E-state index contributed by atoms with van der Waals surface area (Å²) >= 11 is 0. The molecule has 0 amide bonds. The SMILES string of the molecule is C[C@]1(C(F)(F)F)CN(Cc2ccccc2)C[C@@H]1C(=O)O. The lowest BCUT2D eigenvalue weighted by Crippen LogP contribution is -2.44. The number of rotatable bonds is 3. The van der Waals surface area contributed by atoms with Crippen LogP contribution in [-0.2, 0) is 11.3 Å². The molecule has 2 atom stereocenters. The number of hydrogen-bond acceptors (Lipinski definition) is 2. The lowest BCUT2D eigenvalue weighted by Gasteiger charge is -2.30. The number of halogens is 3. The zero-order chi connectivity index (χ0) is 15.0. The smallest absolute Gasteiger partial charge is 0.396 e. The molecule has 110 valence electrons. The first kappa shape index (κ1) is 14.8. The van der Waals surface area contributed by atoms with Crippen molar-refractivity contribution in [2.75, 3.05) is 13.1 Å². The molecule has 2 rings (SSSR count). The van der Waals surface area contributed by atoms with Gasteiger partial charge in [0.05, 0.1) is 11.3 Å². The highest BCUT2D eigenvalue weighted by Gasteiger charge is 2.62. The number of benzene rings is 1. The summed E-state index contributed by atoms with van der Waals surface area (Å²) < 4.78 is 39.5. The Kier molecular flexibility index (Phi) is 3.77. The Bertz CT molecular complexity index is 489. The molecule has 3 nitrogen and oxygen atoms in total. The molecule has 0 spiro atoms. The van der Waals surface area contributed by atoms with E-state index in [1.165, 1.54) is 0 Å². The summed E-state index contributed by atoms with van der Waals surface area (Å²) in [5.41, 5.74) is -1.32. The number of carboxylic acid groups (broad SMARTS) is 1. The maximum absolute atomic E-state index is 13.2. The molecule has 6 heteroatoms. The van der Waals surface area contributed by atoms with E-state index in [1.54, 1.807) is 4.90 Å². The van der Waals surface area contributed by atoms with Crippen LogP contribution >= 0.6 is 0 Å². The summed E-state index contributed by atoms with van der Waals surface area (Å²) in [6, 6.07) is 9.08. The molecule has 1 aromatic rings. The Labute approximate surface area is 115 Å². The van der Waals surface area contributed by atoms with E-state index in [4.69, 9.17) is 5.11 Å². The van der Waals surface area contributed by atoms with Crippen LogP contribution in [0.3, 0.4) is 0 Å². The van der Waals surface area contributed by atoms with E-state index < -0.39 is 23.5 Å². The molecule has 1 aliphatic rings. The van der Waals surface area contributed by atoms with Crippen LogP contribution in [0.5, 0.6) is 0 Å². The van der Waals surface area contributed by atoms with Crippen LogP contribution < -0.4 is 0 Å². The number of alkyl halides is 3. The molecule has 0 unspecified atom stereocenters. The van der Waals surface area contributed by atoms with Crippen molar-refractivity contribution in [3.05, 3.63) is 35.9 Å². The Morgan fingerprint density at radius 3 is 2.45 bits per heavy atom. The largest absolute Gasteiger partial charge is 0.481 e. The summed E-state index contributed by atoms with van der Waals surface area (Å²) in [6.07, 6.45) is -4.53. The van der Waals surface area contributed by atoms with Gasteiger partial charge < -0.3 is 5.11 Å².